The third-order valence-electron chi connectivity index (χ3n) is 1.85. The summed E-state index contributed by atoms with van der Waals surface area (Å²) in [6.45, 7) is -0.0651. The highest BCUT2D eigenvalue weighted by atomic mass is 32.1. The van der Waals surface area contributed by atoms with Crippen molar-refractivity contribution in [3.63, 3.8) is 0 Å². The lowest BCUT2D eigenvalue weighted by Crippen LogP contribution is -2.34. The van der Waals surface area contributed by atoms with Gasteiger partial charge in [0.15, 0.2) is 0 Å². The number of halogens is 2. The molecule has 0 saturated heterocycles. The Morgan fingerprint density at radius 2 is 2.07 bits per heavy atom. The quantitative estimate of drug-likeness (QED) is 0.691. The predicted octanol–water partition coefficient (Wildman–Crippen LogP) is 0.997. The highest BCUT2D eigenvalue weighted by Gasteiger charge is 2.16. The first-order valence-corrected chi connectivity index (χ1v) is 5.37. The Hall–Kier alpha value is -0.560. The van der Waals surface area contributed by atoms with Crippen molar-refractivity contribution in [2.45, 2.75) is 18.6 Å². The van der Waals surface area contributed by atoms with E-state index in [0.29, 0.717) is 0 Å². The van der Waals surface area contributed by atoms with Crippen LogP contribution < -0.4 is 5.32 Å². The van der Waals surface area contributed by atoms with Crippen LogP contribution in [0.5, 0.6) is 0 Å². The number of nitrogens with one attached hydrogen (secondary N) is 1. The summed E-state index contributed by atoms with van der Waals surface area (Å²) < 4.78 is 23.8. The number of aliphatic hydroxyl groups excluding tert-OH is 2. The van der Waals surface area contributed by atoms with Crippen molar-refractivity contribution in [3.8, 4) is 0 Å². The van der Waals surface area contributed by atoms with Gasteiger partial charge < -0.3 is 15.5 Å². The Morgan fingerprint density at radius 1 is 1.33 bits per heavy atom. The van der Waals surface area contributed by atoms with Gasteiger partial charge in [-0.25, -0.2) is 8.78 Å². The molecule has 6 heteroatoms. The highest BCUT2D eigenvalue weighted by molar-refractivity contribution is 7.10. The van der Waals surface area contributed by atoms with E-state index in [0.717, 1.165) is 4.88 Å². The third kappa shape index (κ3) is 4.21. The minimum absolute atomic E-state index is 0.157. The molecule has 1 rings (SSSR count). The lowest BCUT2D eigenvalue weighted by Gasteiger charge is -2.13. The van der Waals surface area contributed by atoms with Crippen LogP contribution in [0.3, 0.4) is 0 Å². The largest absolute Gasteiger partial charge is 0.386 e. The van der Waals surface area contributed by atoms with Crippen LogP contribution >= 0.6 is 11.3 Å². The van der Waals surface area contributed by atoms with Crippen LogP contribution in [0.2, 0.25) is 0 Å². The lowest BCUT2D eigenvalue weighted by molar-refractivity contribution is -0.00458. The maximum absolute atomic E-state index is 11.9. The van der Waals surface area contributed by atoms with Crippen molar-refractivity contribution >= 4 is 11.3 Å². The second kappa shape index (κ2) is 6.12. The third-order valence-corrected chi connectivity index (χ3v) is 2.83. The number of aliphatic hydroxyl groups is 2. The van der Waals surface area contributed by atoms with Gasteiger partial charge in [-0.2, -0.15) is 0 Å². The first-order chi connectivity index (χ1) is 7.11. The second-order valence-corrected chi connectivity index (χ2v) is 4.07. The zero-order chi connectivity index (χ0) is 11.3. The Balaban J connectivity index is 2.21. The Kier molecular flexibility index (Phi) is 5.10. The number of alkyl halides is 2. The molecule has 0 amide bonds. The van der Waals surface area contributed by atoms with E-state index in [1.165, 1.54) is 11.3 Å². The van der Waals surface area contributed by atoms with Crippen LogP contribution in [-0.2, 0) is 0 Å². The van der Waals surface area contributed by atoms with Crippen molar-refractivity contribution in [2.24, 2.45) is 0 Å². The van der Waals surface area contributed by atoms with E-state index in [-0.39, 0.29) is 13.1 Å². The van der Waals surface area contributed by atoms with Crippen LogP contribution in [0.1, 0.15) is 11.0 Å². The van der Waals surface area contributed by atoms with Crippen LogP contribution in [-0.4, -0.2) is 35.8 Å². The molecule has 0 saturated carbocycles. The van der Waals surface area contributed by atoms with Gasteiger partial charge in [-0.15, -0.1) is 11.3 Å². The summed E-state index contributed by atoms with van der Waals surface area (Å²) in [7, 11) is 0. The van der Waals surface area contributed by atoms with Crippen molar-refractivity contribution < 1.29 is 19.0 Å². The van der Waals surface area contributed by atoms with Crippen LogP contribution in [0.4, 0.5) is 8.78 Å². The fourth-order valence-corrected chi connectivity index (χ4v) is 1.75. The molecule has 0 aromatic carbocycles. The average molecular weight is 237 g/mol. The molecule has 0 bridgehead atoms. The first kappa shape index (κ1) is 12.5. The van der Waals surface area contributed by atoms with E-state index < -0.39 is 18.6 Å². The van der Waals surface area contributed by atoms with Gasteiger partial charge in [-0.1, -0.05) is 6.07 Å². The highest BCUT2D eigenvalue weighted by Crippen LogP contribution is 2.17. The molecule has 0 aliphatic carbocycles. The summed E-state index contributed by atoms with van der Waals surface area (Å²) in [5, 5.41) is 22.7. The van der Waals surface area contributed by atoms with Gasteiger partial charge in [0.25, 0.3) is 6.43 Å². The van der Waals surface area contributed by atoms with Gasteiger partial charge in [0, 0.05) is 18.0 Å². The maximum atomic E-state index is 11.9. The normalized spacial score (nSPS) is 15.5. The molecule has 2 atom stereocenters. The van der Waals surface area contributed by atoms with Crippen molar-refractivity contribution in [1.29, 1.82) is 0 Å². The molecule has 0 aliphatic rings. The monoisotopic (exact) mass is 237 g/mol. The molecule has 0 spiro atoms. The summed E-state index contributed by atoms with van der Waals surface area (Å²) in [4.78, 5) is 0.772. The van der Waals surface area contributed by atoms with E-state index >= 15 is 0 Å². The molecular formula is C9H13F2NO2S. The van der Waals surface area contributed by atoms with Gasteiger partial charge in [-0.05, 0) is 11.4 Å². The van der Waals surface area contributed by atoms with Gasteiger partial charge in [-0.3, -0.25) is 0 Å². The summed E-state index contributed by atoms with van der Waals surface area (Å²) >= 11 is 1.40. The second-order valence-electron chi connectivity index (χ2n) is 3.09. The molecule has 15 heavy (non-hydrogen) atoms. The van der Waals surface area contributed by atoms with E-state index in [2.05, 4.69) is 5.32 Å². The predicted molar refractivity (Wildman–Crippen MR) is 54.2 cm³/mol. The fourth-order valence-electron chi connectivity index (χ4n) is 1.04. The molecule has 2 unspecified atom stereocenters. The number of hydrogen-bond acceptors (Lipinski definition) is 4. The molecule has 0 fully saturated rings. The molecule has 1 heterocycles. The minimum Gasteiger partial charge on any atom is -0.386 e. The molecule has 3 nitrogen and oxygen atoms in total. The summed E-state index contributed by atoms with van der Waals surface area (Å²) in [5.74, 6) is 0. The van der Waals surface area contributed by atoms with E-state index in [9.17, 15) is 13.9 Å². The molecule has 1 aromatic rings. The summed E-state index contributed by atoms with van der Waals surface area (Å²) in [5.41, 5.74) is 0. The van der Waals surface area contributed by atoms with E-state index in [1.807, 2.05) is 5.38 Å². The number of hydrogen-bond donors (Lipinski definition) is 3. The van der Waals surface area contributed by atoms with Gasteiger partial charge in [0.05, 0.1) is 0 Å². The molecule has 86 valence electrons. The first-order valence-electron chi connectivity index (χ1n) is 4.49. The lowest BCUT2D eigenvalue weighted by atomic mass is 10.3. The van der Waals surface area contributed by atoms with Crippen molar-refractivity contribution in [2.75, 3.05) is 13.1 Å². The summed E-state index contributed by atoms with van der Waals surface area (Å²) in [6.07, 6.45) is -5.15. The van der Waals surface area contributed by atoms with Gasteiger partial charge in [0.2, 0.25) is 0 Å². The van der Waals surface area contributed by atoms with Gasteiger partial charge >= 0.3 is 0 Å². The van der Waals surface area contributed by atoms with E-state index in [1.54, 1.807) is 12.1 Å². The van der Waals surface area contributed by atoms with Crippen molar-refractivity contribution in [1.82, 2.24) is 5.32 Å². The van der Waals surface area contributed by atoms with Crippen LogP contribution in [0.15, 0.2) is 17.5 Å². The fraction of sp³-hybridized carbons (Fsp3) is 0.556. The average Bonchev–Trinajstić information content (AvgIpc) is 2.70. The molecule has 0 aliphatic heterocycles. The maximum Gasteiger partial charge on any atom is 0.265 e. The van der Waals surface area contributed by atoms with Crippen molar-refractivity contribution in [3.05, 3.63) is 22.4 Å². The van der Waals surface area contributed by atoms with Crippen LogP contribution in [0.25, 0.3) is 0 Å². The Bertz CT molecular complexity index is 269. The zero-order valence-corrected chi connectivity index (χ0v) is 8.75. The zero-order valence-electron chi connectivity index (χ0n) is 7.94. The van der Waals surface area contributed by atoms with Gasteiger partial charge in [0.1, 0.15) is 12.2 Å². The molecule has 3 N–H and O–H groups in total. The topological polar surface area (TPSA) is 52.5 Å². The number of thiophene rings is 1. The van der Waals surface area contributed by atoms with Crippen LogP contribution in [0, 0.1) is 0 Å². The smallest absolute Gasteiger partial charge is 0.265 e. The summed E-state index contributed by atoms with van der Waals surface area (Å²) in [6, 6.07) is 3.57. The standard InChI is InChI=1S/C9H13F2NO2S/c10-9(11)7(14)5-12-4-6(13)8-2-1-3-15-8/h1-3,6-7,9,12-14H,4-5H2. The minimum atomic E-state index is -2.75. The Labute approximate surface area is 90.4 Å². The molecule has 1 aromatic heterocycles. The molecule has 0 radical (unpaired) electrons. The number of rotatable bonds is 6. The molecular weight excluding hydrogens is 224 g/mol. The SMILES string of the molecule is OC(CNCC(O)C(F)F)c1cccs1. The van der Waals surface area contributed by atoms with E-state index in [4.69, 9.17) is 5.11 Å². The Morgan fingerprint density at radius 3 is 2.60 bits per heavy atom.